The highest BCUT2D eigenvalue weighted by Crippen LogP contribution is 2.33. The maximum atomic E-state index is 12.4. The summed E-state index contributed by atoms with van der Waals surface area (Å²) < 4.78 is 67.8. The highest BCUT2D eigenvalue weighted by Gasteiger charge is 2.34. The molecule has 1 N–H and O–H groups in total. The van der Waals surface area contributed by atoms with E-state index in [0.717, 1.165) is 24.3 Å². The van der Waals surface area contributed by atoms with Crippen LogP contribution in [-0.2, 0) is 10.0 Å². The molecule has 0 aliphatic carbocycles. The second kappa shape index (κ2) is 7.00. The molecule has 2 rings (SSSR count). The number of nitrogens with one attached hydrogen (secondary N) is 1. The number of hydrogen-bond acceptors (Lipinski definition) is 4. The number of alkyl halides is 3. The quantitative estimate of drug-likeness (QED) is 0.800. The van der Waals surface area contributed by atoms with Gasteiger partial charge in [0, 0.05) is 0 Å². The summed E-state index contributed by atoms with van der Waals surface area (Å²) in [6.45, 7) is 0. The van der Waals surface area contributed by atoms with Gasteiger partial charge >= 0.3 is 6.36 Å². The lowest BCUT2D eigenvalue weighted by molar-refractivity contribution is -0.275. The average molecular weight is 411 g/mol. The van der Waals surface area contributed by atoms with Gasteiger partial charge in [-0.15, -0.1) is 13.2 Å². The van der Waals surface area contributed by atoms with E-state index in [2.05, 4.69) is 4.74 Å². The van der Waals surface area contributed by atoms with Crippen molar-refractivity contribution in [2.24, 2.45) is 0 Å². The molecule has 0 saturated heterocycles. The van der Waals surface area contributed by atoms with Gasteiger partial charge in [-0.25, -0.2) is 8.42 Å². The van der Waals surface area contributed by atoms with E-state index in [-0.39, 0.29) is 21.3 Å². The number of anilines is 1. The van der Waals surface area contributed by atoms with Crippen LogP contribution in [0.2, 0.25) is 10.0 Å². The molecule has 0 unspecified atom stereocenters. The van der Waals surface area contributed by atoms with E-state index in [4.69, 9.17) is 28.5 Å². The zero-order chi connectivity index (χ0) is 18.8. The number of para-hydroxylation sites is 1. The summed E-state index contributed by atoms with van der Waals surface area (Å²) in [7, 11) is -4.44. The molecule has 0 saturated carbocycles. The van der Waals surface area contributed by atoms with Crippen molar-refractivity contribution in [3.8, 4) is 11.8 Å². The van der Waals surface area contributed by atoms with Gasteiger partial charge in [0.15, 0.2) is 0 Å². The van der Waals surface area contributed by atoms with Gasteiger partial charge in [0.25, 0.3) is 10.0 Å². The van der Waals surface area contributed by atoms with Crippen LogP contribution in [0.5, 0.6) is 5.75 Å². The second-order valence-corrected chi connectivity index (χ2v) is 6.99. The topological polar surface area (TPSA) is 79.2 Å². The molecular formula is C14H7Cl2F3N2O3S. The molecule has 0 amide bonds. The molecule has 0 atom stereocenters. The third-order valence-electron chi connectivity index (χ3n) is 2.77. The van der Waals surface area contributed by atoms with Crippen LogP contribution in [0.4, 0.5) is 18.9 Å². The summed E-state index contributed by atoms with van der Waals surface area (Å²) in [6.07, 6.45) is -5.06. The van der Waals surface area contributed by atoms with Crippen LogP contribution < -0.4 is 9.46 Å². The zero-order valence-corrected chi connectivity index (χ0v) is 14.3. The first-order valence-electron chi connectivity index (χ1n) is 6.30. The largest absolute Gasteiger partial charge is 0.573 e. The molecule has 11 heteroatoms. The Morgan fingerprint density at radius 3 is 2.20 bits per heavy atom. The molecule has 2 aromatic rings. The molecule has 0 radical (unpaired) electrons. The predicted molar refractivity (Wildman–Crippen MR) is 85.1 cm³/mol. The van der Waals surface area contributed by atoms with Gasteiger partial charge in [-0.3, -0.25) is 4.72 Å². The first-order valence-corrected chi connectivity index (χ1v) is 8.54. The Bertz CT molecular complexity index is 934. The van der Waals surface area contributed by atoms with Crippen molar-refractivity contribution in [2.45, 2.75) is 11.3 Å². The van der Waals surface area contributed by atoms with Crippen molar-refractivity contribution in [1.82, 2.24) is 0 Å². The minimum absolute atomic E-state index is 0.0629. The lowest BCUT2D eigenvalue weighted by atomic mass is 10.2. The molecule has 0 fully saturated rings. The van der Waals surface area contributed by atoms with Crippen LogP contribution in [0.15, 0.2) is 41.3 Å². The number of benzene rings is 2. The third kappa shape index (κ3) is 4.69. The summed E-state index contributed by atoms with van der Waals surface area (Å²) in [5.41, 5.74) is -0.192. The van der Waals surface area contributed by atoms with E-state index in [1.165, 1.54) is 12.1 Å². The highest BCUT2D eigenvalue weighted by atomic mass is 35.5. The number of halogens is 5. The number of nitrogens with zero attached hydrogens (tertiary/aromatic N) is 1. The SMILES string of the molecule is N#Cc1c(Cl)cc(NS(=O)(=O)c2ccccc2OC(F)(F)F)cc1Cl. The summed E-state index contributed by atoms with van der Waals surface area (Å²) in [4.78, 5) is -0.732. The minimum Gasteiger partial charge on any atom is -0.404 e. The van der Waals surface area contributed by atoms with Gasteiger partial charge in [0.2, 0.25) is 0 Å². The molecule has 0 bridgehead atoms. The van der Waals surface area contributed by atoms with Crippen LogP contribution >= 0.6 is 23.2 Å². The Kier molecular flexibility index (Phi) is 5.37. The van der Waals surface area contributed by atoms with Crippen molar-refractivity contribution in [3.05, 3.63) is 52.0 Å². The van der Waals surface area contributed by atoms with Crippen LogP contribution in [0.3, 0.4) is 0 Å². The van der Waals surface area contributed by atoms with Crippen LogP contribution in [0.25, 0.3) is 0 Å². The van der Waals surface area contributed by atoms with E-state index in [0.29, 0.717) is 0 Å². The number of sulfonamides is 1. The second-order valence-electron chi connectivity index (χ2n) is 4.53. The average Bonchev–Trinajstić information content (AvgIpc) is 2.45. The molecule has 0 aliphatic heterocycles. The van der Waals surface area contributed by atoms with Gasteiger partial charge in [0.05, 0.1) is 21.3 Å². The maximum absolute atomic E-state index is 12.4. The van der Waals surface area contributed by atoms with E-state index in [1.807, 2.05) is 4.72 Å². The molecular weight excluding hydrogens is 404 g/mol. The van der Waals surface area contributed by atoms with E-state index >= 15 is 0 Å². The Hall–Kier alpha value is -2.15. The Balaban J connectivity index is 2.43. The molecule has 2 aromatic carbocycles. The summed E-state index contributed by atoms with van der Waals surface area (Å²) in [5, 5.41) is 8.63. The van der Waals surface area contributed by atoms with Crippen molar-refractivity contribution in [1.29, 1.82) is 5.26 Å². The van der Waals surface area contributed by atoms with Crippen LogP contribution in [-0.4, -0.2) is 14.8 Å². The van der Waals surface area contributed by atoms with Gasteiger partial charge < -0.3 is 4.74 Å². The molecule has 132 valence electrons. The van der Waals surface area contributed by atoms with Crippen LogP contribution in [0.1, 0.15) is 5.56 Å². The smallest absolute Gasteiger partial charge is 0.404 e. The van der Waals surface area contributed by atoms with E-state index in [9.17, 15) is 21.6 Å². The van der Waals surface area contributed by atoms with Crippen LogP contribution in [0, 0.1) is 11.3 Å². The minimum atomic E-state index is -5.06. The van der Waals surface area contributed by atoms with Crippen molar-refractivity contribution >= 4 is 38.9 Å². The lowest BCUT2D eigenvalue weighted by Gasteiger charge is -2.14. The predicted octanol–water partition coefficient (Wildman–Crippen LogP) is 4.56. The van der Waals surface area contributed by atoms with E-state index in [1.54, 1.807) is 6.07 Å². The third-order valence-corrected chi connectivity index (χ3v) is 4.79. The van der Waals surface area contributed by atoms with Crippen molar-refractivity contribution < 1.29 is 26.3 Å². The maximum Gasteiger partial charge on any atom is 0.573 e. The fourth-order valence-corrected chi connectivity index (χ4v) is 3.57. The molecule has 0 heterocycles. The van der Waals surface area contributed by atoms with Crippen molar-refractivity contribution in [3.63, 3.8) is 0 Å². The molecule has 5 nitrogen and oxygen atoms in total. The Morgan fingerprint density at radius 1 is 1.12 bits per heavy atom. The molecule has 25 heavy (non-hydrogen) atoms. The fraction of sp³-hybridized carbons (Fsp3) is 0.0714. The van der Waals surface area contributed by atoms with Gasteiger partial charge in [0.1, 0.15) is 16.7 Å². The summed E-state index contributed by atoms with van der Waals surface area (Å²) in [5.74, 6) is -0.895. The number of hydrogen-bond donors (Lipinski definition) is 1. The Morgan fingerprint density at radius 2 is 1.68 bits per heavy atom. The van der Waals surface area contributed by atoms with Crippen molar-refractivity contribution in [2.75, 3.05) is 4.72 Å². The lowest BCUT2D eigenvalue weighted by Crippen LogP contribution is -2.20. The highest BCUT2D eigenvalue weighted by molar-refractivity contribution is 7.92. The number of ether oxygens (including phenoxy) is 1. The monoisotopic (exact) mass is 410 g/mol. The Labute approximate surface area is 150 Å². The number of rotatable bonds is 4. The molecule has 0 aliphatic rings. The van der Waals surface area contributed by atoms with Gasteiger partial charge in [-0.2, -0.15) is 5.26 Å². The summed E-state index contributed by atoms with van der Waals surface area (Å²) in [6, 6.07) is 8.18. The standard InChI is InChI=1S/C14H7Cl2F3N2O3S/c15-10-5-8(6-11(16)9(10)7-20)21-25(22,23)13-4-2-1-3-12(13)24-14(17,18)19/h1-6,21H. The zero-order valence-electron chi connectivity index (χ0n) is 11.9. The first kappa shape index (κ1) is 19.2. The summed E-state index contributed by atoms with van der Waals surface area (Å²) >= 11 is 11.6. The first-order chi connectivity index (χ1) is 11.5. The molecule has 0 aromatic heterocycles. The fourth-order valence-electron chi connectivity index (χ4n) is 1.83. The van der Waals surface area contributed by atoms with Gasteiger partial charge in [-0.05, 0) is 24.3 Å². The normalized spacial score (nSPS) is 11.7. The molecule has 0 spiro atoms. The number of nitriles is 1. The van der Waals surface area contributed by atoms with Gasteiger partial charge in [-0.1, -0.05) is 35.3 Å². The van der Waals surface area contributed by atoms with E-state index < -0.39 is 27.0 Å².